The van der Waals surface area contributed by atoms with Crippen molar-refractivity contribution in [2.75, 3.05) is 0 Å². The van der Waals surface area contributed by atoms with Gasteiger partial charge in [0.15, 0.2) is 0 Å². The summed E-state index contributed by atoms with van der Waals surface area (Å²) in [5.41, 5.74) is 5.40. The second-order valence-electron chi connectivity index (χ2n) is 3.68. The number of nitrogens with one attached hydrogen (secondary N) is 1. The first-order chi connectivity index (χ1) is 6.65. The van der Waals surface area contributed by atoms with Crippen LogP contribution in [-0.4, -0.2) is 0 Å². The van der Waals surface area contributed by atoms with Gasteiger partial charge in [0.1, 0.15) is 0 Å². The van der Waals surface area contributed by atoms with Crippen molar-refractivity contribution in [3.8, 4) is 0 Å². The summed E-state index contributed by atoms with van der Waals surface area (Å²) in [7, 11) is 0. The molecule has 0 bridgehead atoms. The maximum absolute atomic E-state index is 5.55. The third-order valence-corrected chi connectivity index (χ3v) is 3.41. The van der Waals surface area contributed by atoms with Crippen LogP contribution in [0.1, 0.15) is 36.2 Å². The fourth-order valence-electron chi connectivity index (χ4n) is 1.42. The van der Waals surface area contributed by atoms with Gasteiger partial charge in [-0.25, -0.2) is 0 Å². The van der Waals surface area contributed by atoms with Crippen molar-refractivity contribution in [3.05, 3.63) is 34.0 Å². The molecule has 0 saturated heterocycles. The zero-order valence-corrected chi connectivity index (χ0v) is 9.66. The lowest BCUT2D eigenvalue weighted by molar-refractivity contribution is 0.521. The van der Waals surface area contributed by atoms with E-state index in [-0.39, 0.29) is 6.04 Å². The lowest BCUT2D eigenvalue weighted by Crippen LogP contribution is -2.27. The zero-order valence-electron chi connectivity index (χ0n) is 8.84. The van der Waals surface area contributed by atoms with Crippen LogP contribution in [0.2, 0.25) is 0 Å². The fourth-order valence-corrected chi connectivity index (χ4v) is 2.45. The Morgan fingerprint density at radius 1 is 1.71 bits per heavy atom. The molecule has 14 heavy (non-hydrogen) atoms. The first-order valence-corrected chi connectivity index (χ1v) is 5.67. The molecule has 0 aromatic carbocycles. The average molecular weight is 210 g/mol. The first-order valence-electron chi connectivity index (χ1n) is 4.79. The van der Waals surface area contributed by atoms with Crippen LogP contribution in [0.25, 0.3) is 0 Å². The minimum atomic E-state index is 0.270. The summed E-state index contributed by atoms with van der Waals surface area (Å²) in [6, 6.07) is 2.40. The van der Waals surface area contributed by atoms with Gasteiger partial charge in [0.05, 0.1) is 6.04 Å². The maximum Gasteiger partial charge on any atom is 0.0558 e. The topological polar surface area (TPSA) is 38.0 Å². The van der Waals surface area contributed by atoms with Gasteiger partial charge < -0.3 is 0 Å². The number of rotatable bonds is 5. The molecule has 0 fully saturated rings. The summed E-state index contributed by atoms with van der Waals surface area (Å²) in [5.74, 6) is 5.55. The summed E-state index contributed by atoms with van der Waals surface area (Å²) in [6.45, 7) is 8.07. The summed E-state index contributed by atoms with van der Waals surface area (Å²) < 4.78 is 0. The van der Waals surface area contributed by atoms with Gasteiger partial charge in [-0.05, 0) is 43.7 Å². The van der Waals surface area contributed by atoms with Crippen molar-refractivity contribution in [3.63, 3.8) is 0 Å². The van der Waals surface area contributed by atoms with Crippen LogP contribution in [0.15, 0.2) is 23.6 Å². The lowest BCUT2D eigenvalue weighted by atomic mass is 10.0. The summed E-state index contributed by atoms with van der Waals surface area (Å²) in [4.78, 5) is 1.34. The van der Waals surface area contributed by atoms with E-state index in [0.717, 1.165) is 12.8 Å². The van der Waals surface area contributed by atoms with Crippen molar-refractivity contribution in [1.82, 2.24) is 5.43 Å². The molecular weight excluding hydrogens is 192 g/mol. The average Bonchev–Trinajstić information content (AvgIpc) is 2.53. The van der Waals surface area contributed by atoms with Gasteiger partial charge in [0.2, 0.25) is 0 Å². The van der Waals surface area contributed by atoms with Gasteiger partial charge in [-0.2, -0.15) is 0 Å². The van der Waals surface area contributed by atoms with E-state index >= 15 is 0 Å². The number of thiophene rings is 1. The Bertz CT molecular complexity index is 304. The van der Waals surface area contributed by atoms with Gasteiger partial charge in [-0.1, -0.05) is 5.57 Å². The molecule has 0 spiro atoms. The Kier molecular flexibility index (Phi) is 4.32. The summed E-state index contributed by atoms with van der Waals surface area (Å²) >= 11 is 1.76. The van der Waals surface area contributed by atoms with Gasteiger partial charge >= 0.3 is 0 Å². The highest BCUT2D eigenvalue weighted by Crippen LogP contribution is 2.27. The first kappa shape index (κ1) is 11.4. The second kappa shape index (κ2) is 5.29. The predicted molar refractivity (Wildman–Crippen MR) is 63.2 cm³/mol. The lowest BCUT2D eigenvalue weighted by Gasteiger charge is -2.15. The van der Waals surface area contributed by atoms with Crippen molar-refractivity contribution in [2.45, 2.75) is 32.7 Å². The Balaban J connectivity index is 2.63. The summed E-state index contributed by atoms with van der Waals surface area (Å²) in [5, 5.41) is 2.11. The van der Waals surface area contributed by atoms with Crippen molar-refractivity contribution >= 4 is 11.3 Å². The highest BCUT2D eigenvalue weighted by Gasteiger charge is 2.12. The van der Waals surface area contributed by atoms with Crippen LogP contribution in [-0.2, 0) is 0 Å². The van der Waals surface area contributed by atoms with Gasteiger partial charge in [-0.3, -0.25) is 11.3 Å². The Labute approximate surface area is 89.8 Å². The molecule has 1 atom stereocenters. The van der Waals surface area contributed by atoms with E-state index < -0.39 is 0 Å². The van der Waals surface area contributed by atoms with E-state index in [1.807, 2.05) is 0 Å². The Morgan fingerprint density at radius 2 is 2.43 bits per heavy atom. The monoisotopic (exact) mass is 210 g/mol. The van der Waals surface area contributed by atoms with Crippen molar-refractivity contribution in [2.24, 2.45) is 5.84 Å². The van der Waals surface area contributed by atoms with Crippen LogP contribution >= 0.6 is 11.3 Å². The number of hydrogen-bond acceptors (Lipinski definition) is 3. The highest BCUT2D eigenvalue weighted by atomic mass is 32.1. The Hall–Kier alpha value is -0.640. The molecule has 0 aliphatic carbocycles. The second-order valence-corrected chi connectivity index (χ2v) is 4.63. The van der Waals surface area contributed by atoms with E-state index in [9.17, 15) is 0 Å². The van der Waals surface area contributed by atoms with Gasteiger partial charge in [-0.15, -0.1) is 17.9 Å². The molecule has 78 valence electrons. The largest absolute Gasteiger partial charge is 0.271 e. The van der Waals surface area contributed by atoms with E-state index in [2.05, 4.69) is 37.3 Å². The normalized spacial score (nSPS) is 12.8. The molecule has 1 unspecified atom stereocenters. The molecule has 0 aliphatic rings. The molecule has 1 aromatic rings. The van der Waals surface area contributed by atoms with Crippen LogP contribution in [0.5, 0.6) is 0 Å². The van der Waals surface area contributed by atoms with Crippen LogP contribution < -0.4 is 11.3 Å². The maximum atomic E-state index is 5.55. The zero-order chi connectivity index (χ0) is 10.6. The third-order valence-electron chi connectivity index (χ3n) is 2.28. The molecule has 1 aromatic heterocycles. The van der Waals surface area contributed by atoms with Crippen molar-refractivity contribution < 1.29 is 0 Å². The SMILES string of the molecule is C=C(C)CCC(NN)c1sccc1C. The molecule has 0 aliphatic heterocycles. The van der Waals surface area contributed by atoms with Crippen molar-refractivity contribution in [1.29, 1.82) is 0 Å². The van der Waals surface area contributed by atoms with E-state index in [1.54, 1.807) is 11.3 Å². The minimum Gasteiger partial charge on any atom is -0.271 e. The smallest absolute Gasteiger partial charge is 0.0558 e. The molecule has 0 amide bonds. The Morgan fingerprint density at radius 3 is 2.86 bits per heavy atom. The summed E-state index contributed by atoms with van der Waals surface area (Å²) in [6.07, 6.45) is 2.04. The molecule has 1 rings (SSSR count). The van der Waals surface area contributed by atoms with Crippen LogP contribution in [0.3, 0.4) is 0 Å². The van der Waals surface area contributed by atoms with E-state index in [4.69, 9.17) is 5.84 Å². The molecule has 3 N–H and O–H groups in total. The van der Waals surface area contributed by atoms with Gasteiger partial charge in [0, 0.05) is 4.88 Å². The molecular formula is C11H18N2S. The molecule has 0 saturated carbocycles. The molecule has 2 nitrogen and oxygen atoms in total. The predicted octanol–water partition coefficient (Wildman–Crippen LogP) is 2.92. The molecule has 0 radical (unpaired) electrons. The number of hydrazine groups is 1. The third kappa shape index (κ3) is 2.94. The van der Waals surface area contributed by atoms with Crippen LogP contribution in [0.4, 0.5) is 0 Å². The number of nitrogens with two attached hydrogens (primary N) is 1. The van der Waals surface area contributed by atoms with Crippen LogP contribution in [0, 0.1) is 6.92 Å². The molecule has 1 heterocycles. The number of allylic oxidation sites excluding steroid dienone is 1. The van der Waals surface area contributed by atoms with Gasteiger partial charge in [0.25, 0.3) is 0 Å². The number of hydrogen-bond donors (Lipinski definition) is 2. The standard InChI is InChI=1S/C11H18N2S/c1-8(2)4-5-10(13-12)11-9(3)6-7-14-11/h6-7,10,13H,1,4-5,12H2,2-3H3. The van der Waals surface area contributed by atoms with E-state index in [1.165, 1.54) is 16.0 Å². The fraction of sp³-hybridized carbons (Fsp3) is 0.455. The van der Waals surface area contributed by atoms with E-state index in [0.29, 0.717) is 0 Å². The minimum absolute atomic E-state index is 0.270. The highest BCUT2D eigenvalue weighted by molar-refractivity contribution is 7.10. The molecule has 3 heteroatoms. The number of aryl methyl sites for hydroxylation is 1. The quantitative estimate of drug-likeness (QED) is 0.445.